The zero-order valence-corrected chi connectivity index (χ0v) is 10.9. The van der Waals surface area contributed by atoms with Crippen LogP contribution in [0.2, 0.25) is 0 Å². The van der Waals surface area contributed by atoms with E-state index in [2.05, 4.69) is 11.9 Å². The van der Waals surface area contributed by atoms with Crippen LogP contribution in [0.3, 0.4) is 0 Å². The minimum atomic E-state index is -0.236. The lowest BCUT2D eigenvalue weighted by Crippen LogP contribution is -1.98. The van der Waals surface area contributed by atoms with Crippen molar-refractivity contribution >= 4 is 32.7 Å². The molecule has 1 unspecified atom stereocenters. The first-order valence-electron chi connectivity index (χ1n) is 6.10. The molecule has 2 aromatic rings. The Kier molecular flexibility index (Phi) is 2.70. The normalized spacial score (nSPS) is 18.1. The molecule has 1 atom stereocenters. The van der Waals surface area contributed by atoms with Gasteiger partial charge in [0.1, 0.15) is 6.10 Å². The van der Waals surface area contributed by atoms with Gasteiger partial charge in [-0.15, -0.1) is 0 Å². The van der Waals surface area contributed by atoms with Crippen LogP contribution >= 0.6 is 11.3 Å². The fourth-order valence-corrected chi connectivity index (χ4v) is 3.23. The molecule has 0 aliphatic carbocycles. The molecule has 4 nitrogen and oxygen atoms in total. The number of anilines is 1. The van der Waals surface area contributed by atoms with Crippen LogP contribution in [0.5, 0.6) is 0 Å². The summed E-state index contributed by atoms with van der Waals surface area (Å²) in [6.07, 6.45) is 2.94. The number of cyclic esters (lactones) is 1. The van der Waals surface area contributed by atoms with E-state index in [0.717, 1.165) is 35.0 Å². The van der Waals surface area contributed by atoms with E-state index in [4.69, 9.17) is 10.5 Å². The molecule has 94 valence electrons. The molecule has 0 bridgehead atoms. The van der Waals surface area contributed by atoms with Crippen LogP contribution in [0.15, 0.2) is 12.1 Å². The maximum absolute atomic E-state index is 12.0. The minimum Gasteiger partial charge on any atom is -0.454 e. The molecule has 0 saturated carbocycles. The van der Waals surface area contributed by atoms with Crippen molar-refractivity contribution in [3.63, 3.8) is 0 Å². The molecule has 18 heavy (non-hydrogen) atoms. The Bertz CT molecular complexity index is 621. The lowest BCUT2D eigenvalue weighted by atomic mass is 10.0. The van der Waals surface area contributed by atoms with Crippen molar-refractivity contribution in [2.24, 2.45) is 0 Å². The van der Waals surface area contributed by atoms with Gasteiger partial charge in [-0.05, 0) is 18.9 Å². The molecule has 0 radical (unpaired) electrons. The first-order chi connectivity index (χ1) is 8.70. The number of nitrogens with two attached hydrogens (primary N) is 1. The highest BCUT2D eigenvalue weighted by Gasteiger charge is 2.33. The number of hydrogen-bond acceptors (Lipinski definition) is 5. The van der Waals surface area contributed by atoms with Crippen molar-refractivity contribution in [2.75, 3.05) is 5.73 Å². The number of rotatable bonds is 3. The molecule has 1 aliphatic heterocycles. The van der Waals surface area contributed by atoms with Crippen LogP contribution in [0.1, 0.15) is 48.2 Å². The maximum Gasteiger partial charge on any atom is 0.340 e. The average Bonchev–Trinajstić information content (AvgIpc) is 2.86. The molecule has 1 aromatic carbocycles. The number of aromatic nitrogens is 1. The van der Waals surface area contributed by atoms with Crippen molar-refractivity contribution in [2.45, 2.75) is 32.3 Å². The number of unbranched alkanes of at least 4 members (excludes halogenated alkanes) is 1. The average molecular weight is 262 g/mol. The van der Waals surface area contributed by atoms with E-state index in [1.54, 1.807) is 0 Å². The summed E-state index contributed by atoms with van der Waals surface area (Å²) in [5.74, 6) is -0.236. The van der Waals surface area contributed by atoms with Crippen molar-refractivity contribution in [1.29, 1.82) is 0 Å². The second kappa shape index (κ2) is 4.24. The predicted octanol–water partition coefficient (Wildman–Crippen LogP) is 3.28. The fraction of sp³-hybridized carbons (Fsp3) is 0.385. The van der Waals surface area contributed by atoms with Crippen molar-refractivity contribution < 1.29 is 9.53 Å². The number of carbonyl (C=O) groups is 1. The number of nitrogens with zero attached hydrogens (tertiary/aromatic N) is 1. The van der Waals surface area contributed by atoms with Crippen LogP contribution < -0.4 is 5.73 Å². The number of carbonyl (C=O) groups excluding carboxylic acids is 1. The quantitative estimate of drug-likeness (QED) is 0.862. The summed E-state index contributed by atoms with van der Waals surface area (Å²) in [5, 5.41) is 0.489. The molecule has 1 aliphatic rings. The number of hydrogen-bond donors (Lipinski definition) is 1. The third-order valence-corrected chi connectivity index (χ3v) is 4.14. The van der Waals surface area contributed by atoms with Crippen molar-refractivity contribution in [3.05, 3.63) is 23.3 Å². The SMILES string of the molecule is CCCCC1OC(=O)c2c1ccc1nc(N)sc21. The Morgan fingerprint density at radius 1 is 1.50 bits per heavy atom. The van der Waals surface area contributed by atoms with Gasteiger partial charge < -0.3 is 10.5 Å². The molecule has 2 N–H and O–H groups in total. The molecule has 0 saturated heterocycles. The molecule has 5 heteroatoms. The molecular formula is C13H14N2O2S. The van der Waals surface area contributed by atoms with Gasteiger partial charge in [-0.2, -0.15) is 0 Å². The molecule has 3 rings (SSSR count). The van der Waals surface area contributed by atoms with Crippen LogP contribution in [0.4, 0.5) is 5.13 Å². The van der Waals surface area contributed by atoms with Crippen molar-refractivity contribution in [1.82, 2.24) is 4.98 Å². The zero-order valence-electron chi connectivity index (χ0n) is 10.1. The van der Waals surface area contributed by atoms with Gasteiger partial charge in [0.2, 0.25) is 0 Å². The number of thiazole rings is 1. The van der Waals surface area contributed by atoms with E-state index in [0.29, 0.717) is 10.7 Å². The van der Waals surface area contributed by atoms with Gasteiger partial charge in [-0.25, -0.2) is 9.78 Å². The first kappa shape index (κ1) is 11.5. The fourth-order valence-electron chi connectivity index (χ4n) is 2.36. The van der Waals surface area contributed by atoms with Gasteiger partial charge in [0, 0.05) is 5.56 Å². The Hall–Kier alpha value is -1.62. The highest BCUT2D eigenvalue weighted by atomic mass is 32.1. The Morgan fingerprint density at radius 3 is 3.11 bits per heavy atom. The highest BCUT2D eigenvalue weighted by Crippen LogP contribution is 2.40. The summed E-state index contributed by atoms with van der Waals surface area (Å²) < 4.78 is 6.31. The van der Waals surface area contributed by atoms with Crippen LogP contribution in [0, 0.1) is 0 Å². The minimum absolute atomic E-state index is 0.0971. The van der Waals surface area contributed by atoms with Crippen molar-refractivity contribution in [3.8, 4) is 0 Å². The maximum atomic E-state index is 12.0. The van der Waals surface area contributed by atoms with E-state index in [1.165, 1.54) is 11.3 Å². The number of esters is 1. The van der Waals surface area contributed by atoms with Gasteiger partial charge in [0.15, 0.2) is 5.13 Å². The van der Waals surface area contributed by atoms with Gasteiger partial charge in [-0.1, -0.05) is 30.7 Å². The number of fused-ring (bicyclic) bond motifs is 3. The molecule has 2 heterocycles. The number of ether oxygens (including phenoxy) is 1. The summed E-state index contributed by atoms with van der Waals surface area (Å²) in [6, 6.07) is 3.87. The highest BCUT2D eigenvalue weighted by molar-refractivity contribution is 7.22. The summed E-state index contributed by atoms with van der Waals surface area (Å²) in [6.45, 7) is 2.13. The summed E-state index contributed by atoms with van der Waals surface area (Å²) in [4.78, 5) is 16.2. The largest absolute Gasteiger partial charge is 0.454 e. The topological polar surface area (TPSA) is 65.2 Å². The third-order valence-electron chi connectivity index (χ3n) is 3.23. The zero-order chi connectivity index (χ0) is 12.7. The monoisotopic (exact) mass is 262 g/mol. The smallest absolute Gasteiger partial charge is 0.340 e. The van der Waals surface area contributed by atoms with Crippen LogP contribution in [-0.2, 0) is 4.74 Å². The standard InChI is InChI=1S/C13H14N2O2S/c1-2-3-4-9-7-5-6-8-11(18-13(14)15-8)10(7)12(16)17-9/h5-6,9H,2-4H2,1H3,(H2,14,15). The predicted molar refractivity (Wildman–Crippen MR) is 71.7 cm³/mol. The van der Waals surface area contributed by atoms with Gasteiger partial charge in [-0.3, -0.25) is 0 Å². The van der Waals surface area contributed by atoms with E-state index in [9.17, 15) is 4.79 Å². The van der Waals surface area contributed by atoms with E-state index >= 15 is 0 Å². The molecular weight excluding hydrogens is 248 g/mol. The van der Waals surface area contributed by atoms with Crippen LogP contribution in [0.25, 0.3) is 10.2 Å². The lowest BCUT2D eigenvalue weighted by molar-refractivity contribution is 0.0365. The first-order valence-corrected chi connectivity index (χ1v) is 6.92. The summed E-state index contributed by atoms with van der Waals surface area (Å²) in [5.41, 5.74) is 8.14. The number of benzene rings is 1. The Balaban J connectivity index is 2.10. The van der Waals surface area contributed by atoms with Gasteiger partial charge >= 0.3 is 5.97 Å². The summed E-state index contributed by atoms with van der Waals surface area (Å²) >= 11 is 1.35. The van der Waals surface area contributed by atoms with Crippen LogP contribution in [-0.4, -0.2) is 11.0 Å². The Morgan fingerprint density at radius 2 is 2.33 bits per heavy atom. The van der Waals surface area contributed by atoms with E-state index in [1.807, 2.05) is 12.1 Å². The summed E-state index contributed by atoms with van der Waals surface area (Å²) in [7, 11) is 0. The van der Waals surface area contributed by atoms with Gasteiger partial charge in [0.05, 0.1) is 15.8 Å². The second-order valence-electron chi connectivity index (χ2n) is 4.47. The Labute approximate surface area is 109 Å². The molecule has 0 fully saturated rings. The lowest BCUT2D eigenvalue weighted by Gasteiger charge is -2.09. The van der Waals surface area contributed by atoms with Gasteiger partial charge in [0.25, 0.3) is 0 Å². The molecule has 0 spiro atoms. The second-order valence-corrected chi connectivity index (χ2v) is 5.50. The van der Waals surface area contributed by atoms with E-state index in [-0.39, 0.29) is 12.1 Å². The molecule has 0 amide bonds. The number of nitrogen functional groups attached to an aromatic ring is 1. The third kappa shape index (κ3) is 1.66. The van der Waals surface area contributed by atoms with E-state index < -0.39 is 0 Å². The molecule has 1 aromatic heterocycles.